The molecule has 0 amide bonds. The van der Waals surface area contributed by atoms with Gasteiger partial charge in [-0.15, -0.1) is 0 Å². The van der Waals surface area contributed by atoms with Crippen LogP contribution in [-0.4, -0.2) is 59.3 Å². The topological polar surface area (TPSA) is 140 Å². The van der Waals surface area contributed by atoms with E-state index in [1.54, 1.807) is 6.07 Å². The van der Waals surface area contributed by atoms with Gasteiger partial charge in [-0.1, -0.05) is 0 Å². The Morgan fingerprint density at radius 3 is 2.50 bits per heavy atom. The predicted octanol–water partition coefficient (Wildman–Crippen LogP) is -2.54. The SMILES string of the molecule is O=c1ccn([C@@H]2O[C@H](CO)[C@H](O)[C@@H]2O)c(=O)n1Cc1ncccn1. The number of rotatable bonds is 4. The molecule has 3 rings (SSSR count). The van der Waals surface area contributed by atoms with Crippen molar-refractivity contribution in [2.75, 3.05) is 6.61 Å². The van der Waals surface area contributed by atoms with Crippen LogP contribution < -0.4 is 11.2 Å². The lowest BCUT2D eigenvalue weighted by Crippen LogP contribution is -2.43. The Morgan fingerprint density at radius 2 is 1.88 bits per heavy atom. The minimum atomic E-state index is -1.42. The van der Waals surface area contributed by atoms with Crippen LogP contribution >= 0.6 is 0 Å². The summed E-state index contributed by atoms with van der Waals surface area (Å²) in [7, 11) is 0. The summed E-state index contributed by atoms with van der Waals surface area (Å²) >= 11 is 0. The minimum absolute atomic E-state index is 0.145. The molecule has 24 heavy (non-hydrogen) atoms. The van der Waals surface area contributed by atoms with E-state index in [9.17, 15) is 19.8 Å². The van der Waals surface area contributed by atoms with Crippen LogP contribution in [0.1, 0.15) is 12.1 Å². The molecule has 0 saturated carbocycles. The molecule has 2 aromatic heterocycles. The van der Waals surface area contributed by atoms with Gasteiger partial charge in [-0.25, -0.2) is 14.8 Å². The van der Waals surface area contributed by atoms with Gasteiger partial charge in [-0.05, 0) is 6.07 Å². The molecule has 128 valence electrons. The summed E-state index contributed by atoms with van der Waals surface area (Å²) in [6, 6.07) is 2.74. The molecule has 10 heteroatoms. The molecule has 1 aliphatic rings. The number of hydrogen-bond donors (Lipinski definition) is 3. The maximum absolute atomic E-state index is 12.6. The minimum Gasteiger partial charge on any atom is -0.394 e. The van der Waals surface area contributed by atoms with Gasteiger partial charge in [0.1, 0.15) is 24.1 Å². The first kappa shape index (κ1) is 16.5. The molecule has 2 aromatic rings. The summed E-state index contributed by atoms with van der Waals surface area (Å²) in [5, 5.41) is 29.0. The second kappa shape index (κ2) is 6.61. The fourth-order valence-electron chi connectivity index (χ4n) is 2.53. The quantitative estimate of drug-likeness (QED) is 0.555. The van der Waals surface area contributed by atoms with Crippen molar-refractivity contribution in [2.45, 2.75) is 31.1 Å². The van der Waals surface area contributed by atoms with Gasteiger partial charge in [0.15, 0.2) is 6.23 Å². The van der Waals surface area contributed by atoms with E-state index in [0.29, 0.717) is 0 Å². The molecule has 10 nitrogen and oxygen atoms in total. The van der Waals surface area contributed by atoms with E-state index in [1.807, 2.05) is 0 Å². The number of nitrogens with zero attached hydrogens (tertiary/aromatic N) is 4. The van der Waals surface area contributed by atoms with Crippen LogP contribution in [-0.2, 0) is 11.3 Å². The first-order chi connectivity index (χ1) is 11.5. The average Bonchev–Trinajstić information content (AvgIpc) is 2.88. The molecule has 0 aliphatic carbocycles. The van der Waals surface area contributed by atoms with Crippen LogP contribution in [0.5, 0.6) is 0 Å². The average molecular weight is 336 g/mol. The first-order valence-electron chi connectivity index (χ1n) is 7.23. The van der Waals surface area contributed by atoms with Crippen LogP contribution in [0.25, 0.3) is 0 Å². The lowest BCUT2D eigenvalue weighted by atomic mass is 10.1. The molecule has 1 aliphatic heterocycles. The highest BCUT2D eigenvalue weighted by Crippen LogP contribution is 2.27. The highest BCUT2D eigenvalue weighted by molar-refractivity contribution is 4.97. The standard InChI is InChI=1S/C14H16N4O6/c19-7-8-11(21)12(22)13(24-8)17-5-2-10(20)18(14(17)23)6-9-15-3-1-4-16-9/h1-5,8,11-13,19,21-22H,6-7H2/t8-,11+,12+,13-/m1/s1. The van der Waals surface area contributed by atoms with E-state index in [-0.39, 0.29) is 12.4 Å². The van der Waals surface area contributed by atoms with Crippen LogP contribution in [0.3, 0.4) is 0 Å². The number of aliphatic hydroxyl groups excluding tert-OH is 3. The van der Waals surface area contributed by atoms with E-state index in [0.717, 1.165) is 15.2 Å². The molecule has 0 aromatic carbocycles. The van der Waals surface area contributed by atoms with Crippen LogP contribution in [0.15, 0.2) is 40.3 Å². The third-order valence-electron chi connectivity index (χ3n) is 3.81. The summed E-state index contributed by atoms with van der Waals surface area (Å²) in [6.07, 6.45) is -0.846. The Kier molecular flexibility index (Phi) is 4.53. The predicted molar refractivity (Wildman–Crippen MR) is 79.1 cm³/mol. The summed E-state index contributed by atoms with van der Waals surface area (Å²) < 4.78 is 7.20. The van der Waals surface area contributed by atoms with Crippen molar-refractivity contribution >= 4 is 0 Å². The molecule has 0 unspecified atom stereocenters. The Hall–Kier alpha value is -2.40. The molecule has 3 heterocycles. The van der Waals surface area contributed by atoms with E-state index in [1.165, 1.54) is 18.6 Å². The van der Waals surface area contributed by atoms with Crippen molar-refractivity contribution in [2.24, 2.45) is 0 Å². The van der Waals surface area contributed by atoms with Crippen LogP contribution in [0.4, 0.5) is 0 Å². The third kappa shape index (κ3) is 2.87. The molecular formula is C14H16N4O6. The lowest BCUT2D eigenvalue weighted by molar-refractivity contribution is -0.0555. The zero-order chi connectivity index (χ0) is 17.3. The first-order valence-corrected chi connectivity index (χ1v) is 7.23. The largest absolute Gasteiger partial charge is 0.394 e. The summed E-state index contributed by atoms with van der Waals surface area (Å²) in [5.74, 6) is 0.274. The molecule has 0 spiro atoms. The van der Waals surface area contributed by atoms with Gasteiger partial charge >= 0.3 is 5.69 Å². The smallest absolute Gasteiger partial charge is 0.333 e. The maximum atomic E-state index is 12.6. The van der Waals surface area contributed by atoms with Crippen molar-refractivity contribution < 1.29 is 20.1 Å². The molecule has 0 radical (unpaired) electrons. The second-order valence-corrected chi connectivity index (χ2v) is 5.32. The molecule has 1 saturated heterocycles. The van der Waals surface area contributed by atoms with Crippen molar-refractivity contribution in [3.8, 4) is 0 Å². The van der Waals surface area contributed by atoms with Gasteiger partial charge in [-0.2, -0.15) is 0 Å². The van der Waals surface area contributed by atoms with Crippen LogP contribution in [0.2, 0.25) is 0 Å². The number of aromatic nitrogens is 4. The fraction of sp³-hybridized carbons (Fsp3) is 0.429. The molecule has 4 atom stereocenters. The molecule has 0 bridgehead atoms. The van der Waals surface area contributed by atoms with Crippen LogP contribution in [0, 0.1) is 0 Å². The van der Waals surface area contributed by atoms with Gasteiger partial charge < -0.3 is 20.1 Å². The number of hydrogen-bond acceptors (Lipinski definition) is 8. The van der Waals surface area contributed by atoms with E-state index in [4.69, 9.17) is 9.84 Å². The highest BCUT2D eigenvalue weighted by atomic mass is 16.6. The normalized spacial score (nSPS) is 26.6. The summed E-state index contributed by atoms with van der Waals surface area (Å²) in [5.41, 5.74) is -1.31. The lowest BCUT2D eigenvalue weighted by Gasteiger charge is -2.18. The Morgan fingerprint density at radius 1 is 1.17 bits per heavy atom. The summed E-state index contributed by atoms with van der Waals surface area (Å²) in [6.45, 7) is -0.658. The van der Waals surface area contributed by atoms with E-state index >= 15 is 0 Å². The van der Waals surface area contributed by atoms with Gasteiger partial charge in [0.25, 0.3) is 5.56 Å². The maximum Gasteiger partial charge on any atom is 0.333 e. The molecular weight excluding hydrogens is 320 g/mol. The summed E-state index contributed by atoms with van der Waals surface area (Å²) in [4.78, 5) is 32.5. The third-order valence-corrected chi connectivity index (χ3v) is 3.81. The monoisotopic (exact) mass is 336 g/mol. The van der Waals surface area contributed by atoms with Crippen molar-refractivity contribution in [3.05, 3.63) is 57.4 Å². The molecule has 3 N–H and O–H groups in total. The van der Waals surface area contributed by atoms with E-state index < -0.39 is 42.4 Å². The second-order valence-electron chi connectivity index (χ2n) is 5.32. The highest BCUT2D eigenvalue weighted by Gasteiger charge is 2.43. The Balaban J connectivity index is 1.98. The zero-order valence-corrected chi connectivity index (χ0v) is 12.5. The number of aliphatic hydroxyl groups is 3. The van der Waals surface area contributed by atoms with Crippen molar-refractivity contribution in [3.63, 3.8) is 0 Å². The van der Waals surface area contributed by atoms with Gasteiger partial charge in [0.05, 0.1) is 13.2 Å². The van der Waals surface area contributed by atoms with Gasteiger partial charge in [0, 0.05) is 24.7 Å². The Bertz CT molecular complexity index is 820. The zero-order valence-electron chi connectivity index (χ0n) is 12.5. The van der Waals surface area contributed by atoms with Crippen molar-refractivity contribution in [1.82, 2.24) is 19.1 Å². The molecule has 1 fully saturated rings. The van der Waals surface area contributed by atoms with Gasteiger partial charge in [0.2, 0.25) is 0 Å². The number of ether oxygens (including phenoxy) is 1. The fourth-order valence-corrected chi connectivity index (χ4v) is 2.53. The Labute approximate surface area is 135 Å². The van der Waals surface area contributed by atoms with Gasteiger partial charge in [-0.3, -0.25) is 13.9 Å². The van der Waals surface area contributed by atoms with E-state index in [2.05, 4.69) is 9.97 Å². The van der Waals surface area contributed by atoms with Crippen molar-refractivity contribution in [1.29, 1.82) is 0 Å².